The Morgan fingerprint density at radius 3 is 2.39 bits per heavy atom. The van der Waals surface area contributed by atoms with E-state index < -0.39 is 17.6 Å². The first-order valence-electron chi connectivity index (χ1n) is 8.86. The van der Waals surface area contributed by atoms with Gasteiger partial charge in [0.2, 0.25) is 0 Å². The van der Waals surface area contributed by atoms with E-state index in [0.29, 0.717) is 27.4 Å². The van der Waals surface area contributed by atoms with Crippen molar-refractivity contribution in [1.29, 1.82) is 0 Å². The molecule has 28 heavy (non-hydrogen) atoms. The fourth-order valence-electron chi connectivity index (χ4n) is 3.51. The van der Waals surface area contributed by atoms with Gasteiger partial charge in [-0.3, -0.25) is 0 Å². The van der Waals surface area contributed by atoms with Crippen LogP contribution in [0.4, 0.5) is 8.78 Å². The van der Waals surface area contributed by atoms with E-state index in [0.717, 1.165) is 0 Å². The summed E-state index contributed by atoms with van der Waals surface area (Å²) < 4.78 is 33.5. The lowest BCUT2D eigenvalue weighted by Crippen LogP contribution is -2.08. The summed E-state index contributed by atoms with van der Waals surface area (Å²) in [5.41, 5.74) is 0.949. The summed E-state index contributed by atoms with van der Waals surface area (Å²) in [7, 11) is 0. The number of hydrogen-bond acceptors (Lipinski definition) is 3. The zero-order valence-corrected chi connectivity index (χ0v) is 15.1. The number of phenols is 1. The van der Waals surface area contributed by atoms with E-state index >= 15 is 0 Å². The van der Waals surface area contributed by atoms with Crippen LogP contribution in [-0.2, 0) is 11.2 Å². The van der Waals surface area contributed by atoms with Crippen LogP contribution in [0.1, 0.15) is 28.5 Å². The average Bonchev–Trinajstić information content (AvgIpc) is 3.03. The van der Waals surface area contributed by atoms with Crippen LogP contribution in [0.3, 0.4) is 0 Å². The lowest BCUT2D eigenvalue weighted by molar-refractivity contribution is 0.0527. The number of esters is 1. The highest BCUT2D eigenvalue weighted by atomic mass is 19.1. The van der Waals surface area contributed by atoms with Gasteiger partial charge in [0.1, 0.15) is 17.4 Å². The number of ether oxygens (including phenoxy) is 1. The van der Waals surface area contributed by atoms with Gasteiger partial charge in [0.15, 0.2) is 0 Å². The summed E-state index contributed by atoms with van der Waals surface area (Å²) in [6, 6.07) is 12.3. The second kappa shape index (κ2) is 6.96. The maximum atomic E-state index is 14.2. The molecule has 0 unspecified atom stereocenters. The minimum atomic E-state index is -0.693. The van der Waals surface area contributed by atoms with Gasteiger partial charge in [-0.1, -0.05) is 30.3 Å². The van der Waals surface area contributed by atoms with Crippen molar-refractivity contribution >= 4 is 27.6 Å². The molecule has 0 fully saturated rings. The number of fused-ring (bicyclic) bond motifs is 3. The lowest BCUT2D eigenvalue weighted by Gasteiger charge is -2.07. The van der Waals surface area contributed by atoms with Crippen LogP contribution in [0.15, 0.2) is 48.5 Å². The SMILES string of the molecule is CCOC(=O)c1c(Cc2c(F)cccc2F)[nH]c2c1cc(O)c1ccccc12. The topological polar surface area (TPSA) is 62.3 Å². The van der Waals surface area contributed by atoms with Gasteiger partial charge in [-0.2, -0.15) is 0 Å². The maximum absolute atomic E-state index is 14.2. The van der Waals surface area contributed by atoms with E-state index in [4.69, 9.17) is 4.74 Å². The predicted octanol–water partition coefficient (Wildman–Crippen LogP) is 5.07. The van der Waals surface area contributed by atoms with Crippen LogP contribution >= 0.6 is 0 Å². The second-order valence-corrected chi connectivity index (χ2v) is 6.44. The largest absolute Gasteiger partial charge is 0.507 e. The Balaban J connectivity index is 2.00. The van der Waals surface area contributed by atoms with E-state index in [9.17, 15) is 18.7 Å². The molecule has 0 bridgehead atoms. The van der Waals surface area contributed by atoms with Crippen molar-refractivity contribution in [3.63, 3.8) is 0 Å². The molecule has 3 aromatic carbocycles. The third-order valence-electron chi connectivity index (χ3n) is 4.76. The molecule has 0 radical (unpaired) electrons. The van der Waals surface area contributed by atoms with E-state index in [1.165, 1.54) is 24.3 Å². The molecule has 0 aliphatic rings. The van der Waals surface area contributed by atoms with Gasteiger partial charge in [0, 0.05) is 33.8 Å². The molecular formula is C22H17F2NO3. The molecule has 0 atom stereocenters. The number of nitrogens with one attached hydrogen (secondary N) is 1. The number of carbonyl (C=O) groups is 1. The molecule has 4 nitrogen and oxygen atoms in total. The molecular weight excluding hydrogens is 364 g/mol. The van der Waals surface area contributed by atoms with Crippen LogP contribution in [0.5, 0.6) is 5.75 Å². The minimum Gasteiger partial charge on any atom is -0.507 e. The Hall–Kier alpha value is -3.41. The average molecular weight is 381 g/mol. The molecule has 142 valence electrons. The summed E-state index contributed by atoms with van der Waals surface area (Å²) in [6.07, 6.45) is -0.156. The third-order valence-corrected chi connectivity index (χ3v) is 4.76. The van der Waals surface area contributed by atoms with Crippen molar-refractivity contribution in [3.8, 4) is 5.75 Å². The molecule has 4 rings (SSSR count). The first-order chi connectivity index (χ1) is 13.5. The first-order valence-corrected chi connectivity index (χ1v) is 8.86. The number of hydrogen-bond donors (Lipinski definition) is 2. The zero-order valence-electron chi connectivity index (χ0n) is 15.1. The predicted molar refractivity (Wildman–Crippen MR) is 103 cm³/mol. The highest BCUT2D eigenvalue weighted by Crippen LogP contribution is 2.36. The van der Waals surface area contributed by atoms with Crippen molar-refractivity contribution in [2.24, 2.45) is 0 Å². The minimum absolute atomic E-state index is 0.0104. The van der Waals surface area contributed by atoms with E-state index in [1.807, 2.05) is 6.07 Å². The van der Waals surface area contributed by atoms with Crippen LogP contribution in [0.2, 0.25) is 0 Å². The summed E-state index contributed by atoms with van der Waals surface area (Å²) >= 11 is 0. The number of rotatable bonds is 4. The normalized spacial score (nSPS) is 11.2. The Morgan fingerprint density at radius 1 is 1.04 bits per heavy atom. The summed E-state index contributed by atoms with van der Waals surface area (Å²) in [5.74, 6) is -1.99. The standard InChI is InChI=1S/C22H17F2NO3/c1-2-28-22(27)20-15-11-19(26)12-6-3-4-7-13(12)21(15)25-18(20)10-14-16(23)8-5-9-17(14)24/h3-9,11,25-26H,2,10H2,1H3. The number of benzene rings is 3. The zero-order chi connectivity index (χ0) is 19.8. The molecule has 0 amide bonds. The molecule has 0 aliphatic heterocycles. The highest BCUT2D eigenvalue weighted by Gasteiger charge is 2.24. The van der Waals surface area contributed by atoms with Crippen molar-refractivity contribution in [2.75, 3.05) is 6.61 Å². The molecule has 0 aliphatic carbocycles. The van der Waals surface area contributed by atoms with E-state index in [2.05, 4.69) is 4.98 Å². The highest BCUT2D eigenvalue weighted by molar-refractivity contribution is 6.15. The van der Waals surface area contributed by atoms with Gasteiger partial charge in [0.25, 0.3) is 0 Å². The van der Waals surface area contributed by atoms with Crippen molar-refractivity contribution in [2.45, 2.75) is 13.3 Å². The number of halogens is 2. The Morgan fingerprint density at radius 2 is 1.71 bits per heavy atom. The van der Waals surface area contributed by atoms with Crippen molar-refractivity contribution in [3.05, 3.63) is 77.0 Å². The molecule has 0 saturated carbocycles. The molecule has 4 aromatic rings. The molecule has 1 heterocycles. The number of carbonyl (C=O) groups excluding carboxylic acids is 1. The number of aromatic nitrogens is 1. The van der Waals surface area contributed by atoms with Crippen LogP contribution in [-0.4, -0.2) is 22.7 Å². The second-order valence-electron chi connectivity index (χ2n) is 6.44. The first kappa shape index (κ1) is 18.0. The van der Waals surface area contributed by atoms with E-state index in [-0.39, 0.29) is 29.9 Å². The molecule has 0 spiro atoms. The molecule has 2 N–H and O–H groups in total. The van der Waals surface area contributed by atoms with Crippen molar-refractivity contribution < 1.29 is 23.4 Å². The number of phenolic OH excluding ortho intramolecular Hbond substituents is 1. The Kier molecular flexibility index (Phi) is 4.47. The smallest absolute Gasteiger partial charge is 0.340 e. The quantitative estimate of drug-likeness (QED) is 0.485. The number of H-pyrrole nitrogens is 1. The fourth-order valence-corrected chi connectivity index (χ4v) is 3.51. The van der Waals surface area contributed by atoms with Crippen molar-refractivity contribution in [1.82, 2.24) is 4.98 Å². The molecule has 6 heteroatoms. The fraction of sp³-hybridized carbons (Fsp3) is 0.136. The van der Waals surface area contributed by atoms with E-state index in [1.54, 1.807) is 25.1 Å². The molecule has 0 saturated heterocycles. The van der Waals surface area contributed by atoms with Crippen LogP contribution in [0, 0.1) is 11.6 Å². The van der Waals surface area contributed by atoms with Gasteiger partial charge in [-0.05, 0) is 25.1 Å². The van der Waals surface area contributed by atoms with Gasteiger partial charge in [-0.25, -0.2) is 13.6 Å². The maximum Gasteiger partial charge on any atom is 0.340 e. The summed E-state index contributed by atoms with van der Waals surface area (Å²) in [6.45, 7) is 1.83. The Bertz CT molecular complexity index is 1190. The molecule has 1 aromatic heterocycles. The summed E-state index contributed by atoms with van der Waals surface area (Å²) in [4.78, 5) is 15.8. The van der Waals surface area contributed by atoms with Crippen LogP contribution in [0.25, 0.3) is 21.7 Å². The summed E-state index contributed by atoms with van der Waals surface area (Å²) in [5, 5.41) is 12.2. The van der Waals surface area contributed by atoms with Gasteiger partial charge in [-0.15, -0.1) is 0 Å². The van der Waals surface area contributed by atoms with Gasteiger partial charge in [0.05, 0.1) is 17.7 Å². The number of aromatic hydroxyl groups is 1. The van der Waals surface area contributed by atoms with Gasteiger partial charge < -0.3 is 14.8 Å². The number of aromatic amines is 1. The third kappa shape index (κ3) is 2.87. The Labute approximate surface area is 159 Å². The van der Waals surface area contributed by atoms with Crippen LogP contribution < -0.4 is 0 Å². The monoisotopic (exact) mass is 381 g/mol. The lowest BCUT2D eigenvalue weighted by atomic mass is 10.0. The van der Waals surface area contributed by atoms with Gasteiger partial charge >= 0.3 is 5.97 Å².